The minimum atomic E-state index is 0.656. The van der Waals surface area contributed by atoms with Gasteiger partial charge in [-0.2, -0.15) is 12.6 Å². The molecule has 0 saturated heterocycles. The number of nitrogens with zero attached hydrogens (tertiary/aromatic N) is 3. The summed E-state index contributed by atoms with van der Waals surface area (Å²) in [6.07, 6.45) is 7.27. The Bertz CT molecular complexity index is 132. The van der Waals surface area contributed by atoms with Crippen molar-refractivity contribution in [2.75, 3.05) is 12.3 Å². The second-order valence-electron chi connectivity index (χ2n) is 2.80. The highest BCUT2D eigenvalue weighted by atomic mass is 32.1. The van der Waals surface area contributed by atoms with E-state index in [2.05, 4.69) is 22.7 Å². The predicted octanol–water partition coefficient (Wildman–Crippen LogP) is 3.57. The molecule has 0 heterocycles. The Morgan fingerprint density at radius 2 is 1.58 bits per heavy atom. The topological polar surface area (TPSA) is 48.8 Å². The van der Waals surface area contributed by atoms with Crippen LogP contribution in [0.25, 0.3) is 10.4 Å². The van der Waals surface area contributed by atoms with Crippen LogP contribution in [0.4, 0.5) is 0 Å². The molecule has 0 aliphatic heterocycles. The predicted molar refractivity (Wildman–Crippen MR) is 55.6 cm³/mol. The molecule has 0 aliphatic carbocycles. The zero-order valence-electron chi connectivity index (χ0n) is 7.45. The SMILES string of the molecule is [N-]=[N+]=NCCCCCCCCS. The Morgan fingerprint density at radius 3 is 2.17 bits per heavy atom. The second kappa shape index (κ2) is 10.7. The van der Waals surface area contributed by atoms with Crippen LogP contribution in [0.3, 0.4) is 0 Å². The van der Waals surface area contributed by atoms with Crippen molar-refractivity contribution in [3.63, 3.8) is 0 Å². The van der Waals surface area contributed by atoms with Gasteiger partial charge in [-0.25, -0.2) is 0 Å². The van der Waals surface area contributed by atoms with Crippen LogP contribution in [-0.2, 0) is 0 Å². The van der Waals surface area contributed by atoms with Gasteiger partial charge in [0.1, 0.15) is 0 Å². The maximum Gasteiger partial charge on any atom is 0.0257 e. The van der Waals surface area contributed by atoms with Gasteiger partial charge in [0.05, 0.1) is 0 Å². The molecule has 0 spiro atoms. The van der Waals surface area contributed by atoms with Gasteiger partial charge in [0.2, 0.25) is 0 Å². The van der Waals surface area contributed by atoms with E-state index >= 15 is 0 Å². The molecule has 0 atom stereocenters. The fourth-order valence-electron chi connectivity index (χ4n) is 1.05. The van der Waals surface area contributed by atoms with E-state index in [1.807, 2.05) is 0 Å². The molecule has 0 amide bonds. The molecular weight excluding hydrogens is 170 g/mol. The normalized spacial score (nSPS) is 9.42. The van der Waals surface area contributed by atoms with Gasteiger partial charge >= 0.3 is 0 Å². The van der Waals surface area contributed by atoms with Crippen LogP contribution in [0.2, 0.25) is 0 Å². The van der Waals surface area contributed by atoms with E-state index in [1.54, 1.807) is 0 Å². The van der Waals surface area contributed by atoms with E-state index in [0.29, 0.717) is 6.54 Å². The first-order chi connectivity index (χ1) is 5.91. The smallest absolute Gasteiger partial charge is 0.0257 e. The fraction of sp³-hybridized carbons (Fsp3) is 1.00. The molecule has 4 heteroatoms. The van der Waals surface area contributed by atoms with Crippen LogP contribution < -0.4 is 0 Å². The van der Waals surface area contributed by atoms with Crippen LogP contribution in [0.15, 0.2) is 5.11 Å². The Hall–Kier alpha value is -0.340. The van der Waals surface area contributed by atoms with Crippen LogP contribution in [0, 0.1) is 0 Å². The zero-order valence-corrected chi connectivity index (χ0v) is 8.34. The lowest BCUT2D eigenvalue weighted by Gasteiger charge is -1.97. The molecule has 0 aliphatic rings. The molecule has 0 aromatic carbocycles. The monoisotopic (exact) mass is 187 g/mol. The molecule has 70 valence electrons. The Balaban J connectivity index is 2.86. The molecule has 0 radical (unpaired) electrons. The van der Waals surface area contributed by atoms with Crippen molar-refractivity contribution in [1.29, 1.82) is 0 Å². The lowest BCUT2D eigenvalue weighted by Crippen LogP contribution is -1.82. The Kier molecular flexibility index (Phi) is 10.4. The number of rotatable bonds is 8. The van der Waals surface area contributed by atoms with E-state index in [-0.39, 0.29) is 0 Å². The number of thiol groups is 1. The van der Waals surface area contributed by atoms with Crippen molar-refractivity contribution < 1.29 is 0 Å². The highest BCUT2D eigenvalue weighted by Gasteiger charge is 1.89. The third-order valence-corrected chi connectivity index (χ3v) is 2.05. The van der Waals surface area contributed by atoms with Gasteiger partial charge in [0, 0.05) is 11.5 Å². The van der Waals surface area contributed by atoms with Gasteiger partial charge in [-0.3, -0.25) is 0 Å². The van der Waals surface area contributed by atoms with Crippen LogP contribution in [0.5, 0.6) is 0 Å². The van der Waals surface area contributed by atoms with Crippen molar-refractivity contribution in [3.8, 4) is 0 Å². The van der Waals surface area contributed by atoms with Crippen molar-refractivity contribution in [3.05, 3.63) is 10.4 Å². The van der Waals surface area contributed by atoms with Gasteiger partial charge in [-0.15, -0.1) is 0 Å². The number of unbranched alkanes of at least 4 members (excludes halogenated alkanes) is 5. The third-order valence-electron chi connectivity index (χ3n) is 1.73. The molecule has 0 fully saturated rings. The van der Waals surface area contributed by atoms with E-state index < -0.39 is 0 Å². The standard InChI is InChI=1S/C8H17N3S/c9-11-10-7-5-3-1-2-4-6-8-12/h12H,1-8H2. The first kappa shape index (κ1) is 11.7. The van der Waals surface area contributed by atoms with Crippen LogP contribution >= 0.6 is 12.6 Å². The lowest BCUT2D eigenvalue weighted by molar-refractivity contribution is 0.613. The first-order valence-electron chi connectivity index (χ1n) is 4.53. The van der Waals surface area contributed by atoms with E-state index in [4.69, 9.17) is 5.53 Å². The summed E-state index contributed by atoms with van der Waals surface area (Å²) in [6, 6.07) is 0. The summed E-state index contributed by atoms with van der Waals surface area (Å²) in [5, 5.41) is 3.47. The average molecular weight is 187 g/mol. The van der Waals surface area contributed by atoms with Crippen molar-refractivity contribution >= 4 is 12.6 Å². The van der Waals surface area contributed by atoms with E-state index in [1.165, 1.54) is 32.1 Å². The highest BCUT2D eigenvalue weighted by molar-refractivity contribution is 7.80. The number of hydrogen-bond donors (Lipinski definition) is 1. The van der Waals surface area contributed by atoms with Crippen molar-refractivity contribution in [2.45, 2.75) is 38.5 Å². The molecule has 0 aromatic heterocycles. The van der Waals surface area contributed by atoms with Crippen LogP contribution in [-0.4, -0.2) is 12.3 Å². The quantitative estimate of drug-likeness (QED) is 0.198. The number of azide groups is 1. The third kappa shape index (κ3) is 9.66. The molecule has 12 heavy (non-hydrogen) atoms. The van der Waals surface area contributed by atoms with Gasteiger partial charge in [-0.05, 0) is 24.1 Å². The maximum atomic E-state index is 7.99. The summed E-state index contributed by atoms with van der Waals surface area (Å²) >= 11 is 4.14. The summed E-state index contributed by atoms with van der Waals surface area (Å²) in [5.41, 5.74) is 7.99. The van der Waals surface area contributed by atoms with E-state index in [9.17, 15) is 0 Å². The second-order valence-corrected chi connectivity index (χ2v) is 3.25. The minimum absolute atomic E-state index is 0.656. The van der Waals surface area contributed by atoms with E-state index in [0.717, 1.165) is 12.2 Å². The molecule has 0 rings (SSSR count). The molecular formula is C8H17N3S. The maximum absolute atomic E-state index is 7.99. The van der Waals surface area contributed by atoms with Gasteiger partial charge < -0.3 is 0 Å². The molecule has 0 saturated carbocycles. The van der Waals surface area contributed by atoms with Gasteiger partial charge in [-0.1, -0.05) is 30.8 Å². The lowest BCUT2D eigenvalue weighted by atomic mass is 10.1. The summed E-state index contributed by atoms with van der Waals surface area (Å²) in [6.45, 7) is 0.656. The Morgan fingerprint density at radius 1 is 1.00 bits per heavy atom. The summed E-state index contributed by atoms with van der Waals surface area (Å²) in [4.78, 5) is 2.70. The largest absolute Gasteiger partial charge is 0.179 e. The summed E-state index contributed by atoms with van der Waals surface area (Å²) in [7, 11) is 0. The molecule has 0 aromatic rings. The first-order valence-corrected chi connectivity index (χ1v) is 5.16. The number of hydrogen-bond acceptors (Lipinski definition) is 2. The van der Waals surface area contributed by atoms with Crippen molar-refractivity contribution in [1.82, 2.24) is 0 Å². The average Bonchev–Trinajstić information content (AvgIpc) is 2.10. The highest BCUT2D eigenvalue weighted by Crippen LogP contribution is 2.05. The molecule has 0 bridgehead atoms. The summed E-state index contributed by atoms with van der Waals surface area (Å²) < 4.78 is 0. The van der Waals surface area contributed by atoms with Gasteiger partial charge in [0.15, 0.2) is 0 Å². The van der Waals surface area contributed by atoms with Gasteiger partial charge in [0.25, 0.3) is 0 Å². The molecule has 0 unspecified atom stereocenters. The summed E-state index contributed by atoms with van der Waals surface area (Å²) in [5.74, 6) is 0.999. The van der Waals surface area contributed by atoms with Crippen LogP contribution in [0.1, 0.15) is 38.5 Å². The molecule has 3 nitrogen and oxygen atoms in total. The fourth-order valence-corrected chi connectivity index (χ4v) is 1.27. The minimum Gasteiger partial charge on any atom is -0.179 e. The molecule has 0 N–H and O–H groups in total. The van der Waals surface area contributed by atoms with Crippen molar-refractivity contribution in [2.24, 2.45) is 5.11 Å². The Labute approximate surface area is 79.6 Å². The zero-order chi connectivity index (χ0) is 9.07.